The SMILES string of the molecule is Cc1ccsc1CN(CC(C)C)C1CCNCC1.O=C(O)C=CC(=O)O. The Morgan fingerprint density at radius 3 is 2.27 bits per heavy atom. The molecule has 0 radical (unpaired) electrons. The number of nitrogens with one attached hydrogen (secondary N) is 1. The molecular weight excluding hydrogens is 352 g/mol. The summed E-state index contributed by atoms with van der Waals surface area (Å²) in [5.41, 5.74) is 1.46. The van der Waals surface area contributed by atoms with Crippen LogP contribution in [-0.2, 0) is 16.1 Å². The van der Waals surface area contributed by atoms with E-state index in [9.17, 15) is 9.59 Å². The second-order valence-corrected chi connectivity index (χ2v) is 7.84. The minimum Gasteiger partial charge on any atom is -0.478 e. The largest absolute Gasteiger partial charge is 0.478 e. The Kier molecular flexibility index (Phi) is 10.2. The van der Waals surface area contributed by atoms with Crippen LogP contribution in [0.3, 0.4) is 0 Å². The molecule has 0 spiro atoms. The molecule has 0 saturated carbocycles. The molecule has 1 aromatic rings. The number of hydrogen-bond donors (Lipinski definition) is 3. The zero-order chi connectivity index (χ0) is 19.5. The van der Waals surface area contributed by atoms with Crippen LogP contribution < -0.4 is 5.32 Å². The molecule has 6 nitrogen and oxygen atoms in total. The second kappa shape index (κ2) is 11.8. The van der Waals surface area contributed by atoms with Crippen LogP contribution in [0, 0.1) is 12.8 Å². The van der Waals surface area contributed by atoms with E-state index in [1.165, 1.54) is 38.0 Å². The molecule has 1 fully saturated rings. The van der Waals surface area contributed by atoms with Crippen molar-refractivity contribution >= 4 is 23.3 Å². The van der Waals surface area contributed by atoms with E-state index in [0.717, 1.165) is 18.5 Å². The molecule has 1 aromatic heterocycles. The number of carboxylic acid groups (broad SMARTS) is 2. The van der Waals surface area contributed by atoms with E-state index in [-0.39, 0.29) is 0 Å². The lowest BCUT2D eigenvalue weighted by Gasteiger charge is -2.35. The molecule has 0 aliphatic carbocycles. The Hall–Kier alpha value is -1.70. The van der Waals surface area contributed by atoms with Gasteiger partial charge in [0.2, 0.25) is 0 Å². The fourth-order valence-corrected chi connectivity index (χ4v) is 3.81. The van der Waals surface area contributed by atoms with Gasteiger partial charge in [-0.1, -0.05) is 13.8 Å². The highest BCUT2D eigenvalue weighted by atomic mass is 32.1. The predicted molar refractivity (Wildman–Crippen MR) is 105 cm³/mol. The van der Waals surface area contributed by atoms with E-state index < -0.39 is 11.9 Å². The number of carboxylic acids is 2. The van der Waals surface area contributed by atoms with Crippen LogP contribution in [0.4, 0.5) is 0 Å². The number of aryl methyl sites for hydroxylation is 1. The summed E-state index contributed by atoms with van der Waals surface area (Å²) in [6, 6.07) is 3.02. The summed E-state index contributed by atoms with van der Waals surface area (Å²) in [5, 5.41) is 21.3. The van der Waals surface area contributed by atoms with Gasteiger partial charge >= 0.3 is 11.9 Å². The lowest BCUT2D eigenvalue weighted by molar-refractivity contribution is -0.134. The minimum atomic E-state index is -1.26. The minimum absolute atomic E-state index is 0.558. The Morgan fingerprint density at radius 2 is 1.85 bits per heavy atom. The normalized spacial score (nSPS) is 15.3. The predicted octanol–water partition coefficient (Wildman–Crippen LogP) is 2.98. The summed E-state index contributed by atoms with van der Waals surface area (Å²) >= 11 is 1.91. The van der Waals surface area contributed by atoms with Crippen molar-refractivity contribution in [1.82, 2.24) is 10.2 Å². The maximum Gasteiger partial charge on any atom is 0.328 e. The Bertz CT molecular complexity index is 576. The topological polar surface area (TPSA) is 89.9 Å². The highest BCUT2D eigenvalue weighted by Gasteiger charge is 2.22. The summed E-state index contributed by atoms with van der Waals surface area (Å²) in [4.78, 5) is 23.4. The first kappa shape index (κ1) is 22.3. The van der Waals surface area contributed by atoms with Crippen LogP contribution in [-0.4, -0.2) is 52.7 Å². The Balaban J connectivity index is 0.000000359. The molecular formula is C19H30N2O4S. The molecule has 1 aliphatic rings. The van der Waals surface area contributed by atoms with Crippen LogP contribution >= 0.6 is 11.3 Å². The standard InChI is InChI=1S/C15H26N2S.C4H4O4/c1-12(2)10-17(14-4-7-16-8-5-14)11-15-13(3)6-9-18-15;5-3(6)1-2-4(7)8/h6,9,12,14,16H,4-5,7-8,10-11H2,1-3H3;1-2H,(H,5,6)(H,7,8). The number of nitrogens with zero attached hydrogens (tertiary/aromatic N) is 1. The van der Waals surface area contributed by atoms with Gasteiger partial charge in [0.1, 0.15) is 0 Å². The van der Waals surface area contributed by atoms with Gasteiger partial charge in [-0.05, 0) is 55.8 Å². The Labute approximate surface area is 159 Å². The summed E-state index contributed by atoms with van der Waals surface area (Å²) in [5.74, 6) is -1.76. The summed E-state index contributed by atoms with van der Waals surface area (Å²) in [6.07, 6.45) is 3.72. The first-order chi connectivity index (χ1) is 12.3. The van der Waals surface area contributed by atoms with E-state index in [2.05, 4.69) is 42.4 Å². The fourth-order valence-electron chi connectivity index (χ4n) is 2.88. The van der Waals surface area contributed by atoms with Crippen molar-refractivity contribution < 1.29 is 19.8 Å². The van der Waals surface area contributed by atoms with Crippen molar-refractivity contribution in [1.29, 1.82) is 0 Å². The third-order valence-corrected chi connectivity index (χ3v) is 5.12. The zero-order valence-corrected chi connectivity index (χ0v) is 16.6. The fraction of sp³-hybridized carbons (Fsp3) is 0.579. The quantitative estimate of drug-likeness (QED) is 0.628. The molecule has 3 N–H and O–H groups in total. The van der Waals surface area contributed by atoms with Gasteiger partial charge in [-0.3, -0.25) is 4.90 Å². The molecule has 0 amide bonds. The number of hydrogen-bond acceptors (Lipinski definition) is 5. The van der Waals surface area contributed by atoms with Crippen molar-refractivity contribution in [2.45, 2.75) is 46.2 Å². The van der Waals surface area contributed by atoms with Gasteiger partial charge < -0.3 is 15.5 Å². The Morgan fingerprint density at radius 1 is 1.27 bits per heavy atom. The van der Waals surface area contributed by atoms with Crippen LogP contribution in [0.2, 0.25) is 0 Å². The summed E-state index contributed by atoms with van der Waals surface area (Å²) < 4.78 is 0. The van der Waals surface area contributed by atoms with Crippen molar-refractivity contribution in [2.24, 2.45) is 5.92 Å². The number of carbonyl (C=O) groups is 2. The van der Waals surface area contributed by atoms with Crippen molar-refractivity contribution in [3.8, 4) is 0 Å². The monoisotopic (exact) mass is 382 g/mol. The summed E-state index contributed by atoms with van der Waals surface area (Å²) in [7, 11) is 0. The summed E-state index contributed by atoms with van der Waals surface area (Å²) in [6.45, 7) is 11.6. The van der Waals surface area contributed by atoms with E-state index in [1.807, 2.05) is 11.3 Å². The van der Waals surface area contributed by atoms with E-state index in [1.54, 1.807) is 4.88 Å². The van der Waals surface area contributed by atoms with Gasteiger partial charge in [-0.15, -0.1) is 11.3 Å². The van der Waals surface area contributed by atoms with Gasteiger partial charge in [0.05, 0.1) is 0 Å². The van der Waals surface area contributed by atoms with Gasteiger partial charge in [0.15, 0.2) is 0 Å². The van der Waals surface area contributed by atoms with Crippen LogP contribution in [0.15, 0.2) is 23.6 Å². The van der Waals surface area contributed by atoms with Crippen LogP contribution in [0.1, 0.15) is 37.1 Å². The zero-order valence-electron chi connectivity index (χ0n) is 15.8. The van der Waals surface area contributed by atoms with Crippen molar-refractivity contribution in [3.05, 3.63) is 34.0 Å². The first-order valence-corrected chi connectivity index (χ1v) is 9.79. The molecule has 2 heterocycles. The lowest BCUT2D eigenvalue weighted by Crippen LogP contribution is -2.44. The highest BCUT2D eigenvalue weighted by molar-refractivity contribution is 7.10. The van der Waals surface area contributed by atoms with Crippen LogP contribution in [0.25, 0.3) is 0 Å². The number of piperidine rings is 1. The molecule has 146 valence electrons. The van der Waals surface area contributed by atoms with Crippen molar-refractivity contribution in [3.63, 3.8) is 0 Å². The molecule has 2 rings (SSSR count). The third kappa shape index (κ3) is 9.12. The molecule has 0 bridgehead atoms. The van der Waals surface area contributed by atoms with Gasteiger partial charge in [0.25, 0.3) is 0 Å². The van der Waals surface area contributed by atoms with Crippen LogP contribution in [0.5, 0.6) is 0 Å². The smallest absolute Gasteiger partial charge is 0.328 e. The first-order valence-electron chi connectivity index (χ1n) is 8.91. The van der Waals surface area contributed by atoms with E-state index in [4.69, 9.17) is 10.2 Å². The van der Waals surface area contributed by atoms with Gasteiger partial charge in [-0.2, -0.15) is 0 Å². The molecule has 0 atom stereocenters. The lowest BCUT2D eigenvalue weighted by atomic mass is 10.0. The van der Waals surface area contributed by atoms with E-state index >= 15 is 0 Å². The number of thiophene rings is 1. The number of rotatable bonds is 7. The molecule has 7 heteroatoms. The second-order valence-electron chi connectivity index (χ2n) is 6.84. The highest BCUT2D eigenvalue weighted by Crippen LogP contribution is 2.22. The van der Waals surface area contributed by atoms with Gasteiger partial charge in [-0.25, -0.2) is 9.59 Å². The molecule has 1 aliphatic heterocycles. The molecule has 26 heavy (non-hydrogen) atoms. The third-order valence-electron chi connectivity index (χ3n) is 4.11. The number of aliphatic carboxylic acids is 2. The average molecular weight is 383 g/mol. The average Bonchev–Trinajstić information content (AvgIpc) is 2.98. The van der Waals surface area contributed by atoms with Gasteiger partial charge in [0, 0.05) is 36.2 Å². The maximum absolute atomic E-state index is 9.55. The van der Waals surface area contributed by atoms with Crippen molar-refractivity contribution in [2.75, 3.05) is 19.6 Å². The molecule has 1 saturated heterocycles. The maximum atomic E-state index is 9.55. The molecule has 0 unspecified atom stereocenters. The molecule has 0 aromatic carbocycles. The van der Waals surface area contributed by atoms with E-state index in [0.29, 0.717) is 12.2 Å².